The molecular weight excluding hydrogens is 278 g/mol. The quantitative estimate of drug-likeness (QED) is 0.581. The Morgan fingerprint density at radius 3 is 2.86 bits per heavy atom. The number of hydrogen-bond acceptors (Lipinski definition) is 4. The average molecular weight is 291 g/mol. The first-order valence-corrected chi connectivity index (χ1v) is 6.85. The molecule has 6 nitrogen and oxygen atoms in total. The van der Waals surface area contributed by atoms with Crippen molar-refractivity contribution in [1.82, 2.24) is 18.9 Å². The molecule has 0 aliphatic rings. The molecule has 0 aliphatic carbocycles. The summed E-state index contributed by atoms with van der Waals surface area (Å²) in [4.78, 5) is 20.6. The van der Waals surface area contributed by atoms with Gasteiger partial charge in [-0.25, -0.2) is 9.78 Å². The fourth-order valence-electron chi connectivity index (χ4n) is 2.65. The molecule has 3 aromatic heterocycles. The smallest absolute Gasteiger partial charge is 0.354 e. The van der Waals surface area contributed by atoms with E-state index in [4.69, 9.17) is 5.73 Å². The van der Waals surface area contributed by atoms with Gasteiger partial charge in [-0.1, -0.05) is 6.07 Å². The molecule has 108 valence electrons. The Balaban J connectivity index is 2.13. The largest absolute Gasteiger partial charge is 0.383 e. The van der Waals surface area contributed by atoms with Crippen molar-refractivity contribution in [3.8, 4) is 5.69 Å². The topological polar surface area (TPSA) is 78.2 Å². The van der Waals surface area contributed by atoms with Gasteiger partial charge in [-0.3, -0.25) is 4.57 Å². The van der Waals surface area contributed by atoms with E-state index in [-0.39, 0.29) is 5.82 Å². The second-order valence-corrected chi connectivity index (χ2v) is 5.21. The first-order chi connectivity index (χ1) is 10.6. The fraction of sp³-hybridized carbons (Fsp3) is 0.0625. The number of aromatic nitrogens is 4. The monoisotopic (exact) mass is 291 g/mol. The first-order valence-electron chi connectivity index (χ1n) is 6.85. The van der Waals surface area contributed by atoms with Gasteiger partial charge >= 0.3 is 5.69 Å². The van der Waals surface area contributed by atoms with Crippen molar-refractivity contribution in [2.45, 2.75) is 6.92 Å². The molecule has 0 saturated heterocycles. The predicted octanol–water partition coefficient (Wildman–Crippen LogP) is 1.92. The minimum Gasteiger partial charge on any atom is -0.383 e. The highest BCUT2D eigenvalue weighted by atomic mass is 16.1. The van der Waals surface area contributed by atoms with Crippen LogP contribution in [0, 0.1) is 6.92 Å². The molecule has 4 aromatic rings. The van der Waals surface area contributed by atoms with Gasteiger partial charge in [-0.2, -0.15) is 4.98 Å². The van der Waals surface area contributed by atoms with E-state index in [1.807, 2.05) is 54.0 Å². The summed E-state index contributed by atoms with van der Waals surface area (Å²) in [7, 11) is 0. The van der Waals surface area contributed by atoms with Crippen molar-refractivity contribution in [2.24, 2.45) is 0 Å². The predicted molar refractivity (Wildman–Crippen MR) is 85.2 cm³/mol. The van der Waals surface area contributed by atoms with Crippen LogP contribution in [0.4, 0.5) is 5.82 Å². The van der Waals surface area contributed by atoms with Crippen molar-refractivity contribution < 1.29 is 0 Å². The van der Waals surface area contributed by atoms with Crippen LogP contribution in [-0.2, 0) is 0 Å². The lowest BCUT2D eigenvalue weighted by Crippen LogP contribution is -2.23. The molecule has 0 bridgehead atoms. The summed E-state index contributed by atoms with van der Waals surface area (Å²) in [5, 5.41) is 0.758. The van der Waals surface area contributed by atoms with Gasteiger partial charge in [-0.15, -0.1) is 0 Å². The summed E-state index contributed by atoms with van der Waals surface area (Å²) in [5.41, 5.74) is 8.76. The van der Waals surface area contributed by atoms with Gasteiger partial charge in [0, 0.05) is 30.0 Å². The van der Waals surface area contributed by atoms with Crippen LogP contribution in [0.15, 0.2) is 53.7 Å². The minimum atomic E-state index is -0.397. The van der Waals surface area contributed by atoms with Crippen LogP contribution in [0.3, 0.4) is 0 Å². The summed E-state index contributed by atoms with van der Waals surface area (Å²) >= 11 is 0. The van der Waals surface area contributed by atoms with Crippen molar-refractivity contribution in [2.75, 3.05) is 5.73 Å². The number of pyridine rings is 1. The van der Waals surface area contributed by atoms with Gasteiger partial charge in [0.15, 0.2) is 0 Å². The third-order valence-electron chi connectivity index (χ3n) is 3.72. The van der Waals surface area contributed by atoms with Gasteiger partial charge in [0.1, 0.15) is 11.5 Å². The zero-order valence-corrected chi connectivity index (χ0v) is 11.9. The third-order valence-corrected chi connectivity index (χ3v) is 3.72. The molecule has 0 radical (unpaired) electrons. The molecule has 0 atom stereocenters. The van der Waals surface area contributed by atoms with Crippen LogP contribution < -0.4 is 11.4 Å². The lowest BCUT2D eigenvalue weighted by molar-refractivity contribution is 0.958. The maximum Gasteiger partial charge on any atom is 0.354 e. The first kappa shape index (κ1) is 12.6. The highest BCUT2D eigenvalue weighted by Gasteiger charge is 2.11. The summed E-state index contributed by atoms with van der Waals surface area (Å²) in [5.74, 6) is 0.248. The number of fused-ring (bicyclic) bond motifs is 2. The van der Waals surface area contributed by atoms with E-state index in [9.17, 15) is 4.79 Å². The number of aryl methyl sites for hydroxylation is 1. The minimum absolute atomic E-state index is 0.248. The third kappa shape index (κ3) is 1.77. The fourth-order valence-corrected chi connectivity index (χ4v) is 2.65. The Kier molecular flexibility index (Phi) is 2.53. The number of nitrogens with zero attached hydrogens (tertiary/aromatic N) is 4. The number of anilines is 1. The summed E-state index contributed by atoms with van der Waals surface area (Å²) in [6.45, 7) is 1.97. The number of imidazole rings is 1. The molecule has 0 amide bonds. The Hall–Kier alpha value is -3.15. The van der Waals surface area contributed by atoms with E-state index >= 15 is 0 Å². The molecule has 22 heavy (non-hydrogen) atoms. The Labute approximate surface area is 125 Å². The zero-order chi connectivity index (χ0) is 15.3. The van der Waals surface area contributed by atoms with Crippen molar-refractivity contribution in [1.29, 1.82) is 0 Å². The number of benzene rings is 1. The van der Waals surface area contributed by atoms with Crippen LogP contribution in [0.2, 0.25) is 0 Å². The van der Waals surface area contributed by atoms with Crippen LogP contribution in [0.1, 0.15) is 5.56 Å². The Morgan fingerprint density at radius 1 is 1.14 bits per heavy atom. The zero-order valence-electron chi connectivity index (χ0n) is 11.9. The SMILES string of the molecule is Cc1ccc2c(N)nc(=O)n(-c3ccn4ccnc4c3)c2c1. The van der Waals surface area contributed by atoms with Crippen molar-refractivity contribution in [3.05, 3.63) is 65.0 Å². The van der Waals surface area contributed by atoms with Gasteiger partial charge in [0.2, 0.25) is 0 Å². The molecule has 2 N–H and O–H groups in total. The van der Waals surface area contributed by atoms with Gasteiger partial charge < -0.3 is 10.1 Å². The molecule has 0 aliphatic heterocycles. The average Bonchev–Trinajstić information content (AvgIpc) is 2.94. The molecule has 0 saturated carbocycles. The summed E-state index contributed by atoms with van der Waals surface area (Å²) in [6.07, 6.45) is 5.43. The van der Waals surface area contributed by atoms with E-state index in [0.717, 1.165) is 22.1 Å². The van der Waals surface area contributed by atoms with Crippen molar-refractivity contribution >= 4 is 22.4 Å². The second-order valence-electron chi connectivity index (χ2n) is 5.21. The molecule has 0 spiro atoms. The molecule has 4 rings (SSSR count). The molecule has 1 aromatic carbocycles. The van der Waals surface area contributed by atoms with E-state index in [2.05, 4.69) is 9.97 Å². The van der Waals surface area contributed by atoms with Gasteiger partial charge in [0.25, 0.3) is 0 Å². The van der Waals surface area contributed by atoms with Crippen LogP contribution >= 0.6 is 0 Å². The van der Waals surface area contributed by atoms with E-state index in [1.165, 1.54) is 0 Å². The van der Waals surface area contributed by atoms with Crippen molar-refractivity contribution in [3.63, 3.8) is 0 Å². The highest BCUT2D eigenvalue weighted by Crippen LogP contribution is 2.21. The summed E-state index contributed by atoms with van der Waals surface area (Å²) < 4.78 is 3.44. The molecule has 6 heteroatoms. The maximum absolute atomic E-state index is 12.4. The van der Waals surface area contributed by atoms with Crippen LogP contribution in [-0.4, -0.2) is 18.9 Å². The Morgan fingerprint density at radius 2 is 2.00 bits per heavy atom. The van der Waals surface area contributed by atoms with E-state index in [0.29, 0.717) is 5.69 Å². The number of rotatable bonds is 1. The number of hydrogen-bond donors (Lipinski definition) is 1. The van der Waals surface area contributed by atoms with Crippen LogP contribution in [0.5, 0.6) is 0 Å². The van der Waals surface area contributed by atoms with E-state index < -0.39 is 5.69 Å². The highest BCUT2D eigenvalue weighted by molar-refractivity contribution is 5.89. The van der Waals surface area contributed by atoms with Gasteiger partial charge in [0.05, 0.1) is 11.2 Å². The molecular formula is C16H13N5O. The number of nitrogens with two attached hydrogens (primary N) is 1. The lowest BCUT2D eigenvalue weighted by atomic mass is 10.1. The molecule has 0 unspecified atom stereocenters. The van der Waals surface area contributed by atoms with Crippen LogP contribution in [0.25, 0.3) is 22.2 Å². The maximum atomic E-state index is 12.4. The summed E-state index contributed by atoms with van der Waals surface area (Å²) in [6, 6.07) is 9.48. The normalized spacial score (nSPS) is 11.3. The number of nitrogen functional groups attached to an aromatic ring is 1. The standard InChI is InChI=1S/C16H13N5O/c1-10-2-3-12-13(8-10)21(16(22)19-15(12)17)11-4-6-20-7-5-18-14(20)9-11/h2-9H,1H3,(H2,17,19,22). The molecule has 0 fully saturated rings. The van der Waals surface area contributed by atoms with Gasteiger partial charge in [-0.05, 0) is 30.7 Å². The lowest BCUT2D eigenvalue weighted by Gasteiger charge is -2.12. The Bertz CT molecular complexity index is 1080. The second kappa shape index (κ2) is 4.42. The van der Waals surface area contributed by atoms with E-state index in [1.54, 1.807) is 10.8 Å². The molecule has 3 heterocycles.